The maximum atomic E-state index is 6.07. The summed E-state index contributed by atoms with van der Waals surface area (Å²) >= 11 is 0. The Kier molecular flexibility index (Phi) is 4.62. The number of fused-ring (bicyclic) bond motifs is 1. The van der Waals surface area contributed by atoms with Gasteiger partial charge in [0, 0.05) is 12.5 Å². The number of ether oxygens (including phenoxy) is 1. The van der Waals surface area contributed by atoms with Crippen LogP contribution in [0.4, 0.5) is 0 Å². The predicted octanol–water partition coefficient (Wildman–Crippen LogP) is 3.94. The Morgan fingerprint density at radius 1 is 1.25 bits per heavy atom. The molecule has 0 aromatic heterocycles. The first-order chi connectivity index (χ1) is 9.86. The molecule has 1 aliphatic heterocycles. The van der Waals surface area contributed by atoms with Gasteiger partial charge < -0.3 is 10.1 Å². The molecule has 1 aliphatic carbocycles. The molecular weight excluding hydrogens is 246 g/mol. The highest BCUT2D eigenvalue weighted by Gasteiger charge is 2.27. The molecule has 0 radical (unpaired) electrons. The summed E-state index contributed by atoms with van der Waals surface area (Å²) in [5, 5.41) is 3.71. The summed E-state index contributed by atoms with van der Waals surface area (Å²) in [6.07, 6.45) is 9.64. The van der Waals surface area contributed by atoms with Crippen LogP contribution in [0, 0.1) is 5.92 Å². The summed E-state index contributed by atoms with van der Waals surface area (Å²) in [6.45, 7) is 3.32. The van der Waals surface area contributed by atoms with Gasteiger partial charge in [0.2, 0.25) is 0 Å². The van der Waals surface area contributed by atoms with E-state index in [1.54, 1.807) is 0 Å². The number of rotatable bonds is 6. The average Bonchev–Trinajstić information content (AvgIpc) is 3.12. The van der Waals surface area contributed by atoms with Crippen LogP contribution in [0.1, 0.15) is 51.0 Å². The minimum absolute atomic E-state index is 0.398. The number of hydrogen-bond donors (Lipinski definition) is 1. The van der Waals surface area contributed by atoms with E-state index in [0.717, 1.165) is 24.6 Å². The lowest BCUT2D eigenvalue weighted by atomic mass is 9.92. The summed E-state index contributed by atoms with van der Waals surface area (Å²) in [7, 11) is 0. The van der Waals surface area contributed by atoms with Crippen molar-refractivity contribution in [1.82, 2.24) is 5.32 Å². The zero-order valence-electron chi connectivity index (χ0n) is 12.6. The van der Waals surface area contributed by atoms with E-state index in [4.69, 9.17) is 4.74 Å². The molecule has 1 aromatic carbocycles. The standard InChI is InChI=1S/C18H27NO/c1-2-19-17(14-7-3-4-8-14)12-11-16-13-15-9-5-6-10-18(15)20-16/h5-6,9-10,14,16-17,19H,2-4,7-8,11-13H2,1H3. The Balaban J connectivity index is 1.51. The van der Waals surface area contributed by atoms with E-state index < -0.39 is 0 Å². The van der Waals surface area contributed by atoms with Crippen molar-refractivity contribution in [1.29, 1.82) is 0 Å². The SMILES string of the molecule is CCNC(CCC1Cc2ccccc2O1)C1CCCC1. The topological polar surface area (TPSA) is 21.3 Å². The normalized spacial score (nSPS) is 23.6. The third-order valence-corrected chi connectivity index (χ3v) is 4.95. The largest absolute Gasteiger partial charge is 0.490 e. The highest BCUT2D eigenvalue weighted by molar-refractivity contribution is 5.37. The second-order valence-corrected chi connectivity index (χ2v) is 6.34. The third kappa shape index (κ3) is 3.17. The van der Waals surface area contributed by atoms with Crippen LogP contribution in [0.2, 0.25) is 0 Å². The van der Waals surface area contributed by atoms with Crippen LogP contribution in [0.5, 0.6) is 5.75 Å². The van der Waals surface area contributed by atoms with Crippen LogP contribution >= 0.6 is 0 Å². The van der Waals surface area contributed by atoms with Gasteiger partial charge in [0.05, 0.1) is 0 Å². The summed E-state index contributed by atoms with van der Waals surface area (Å²) in [4.78, 5) is 0. The van der Waals surface area contributed by atoms with Crippen molar-refractivity contribution in [2.75, 3.05) is 6.54 Å². The molecule has 1 N–H and O–H groups in total. The van der Waals surface area contributed by atoms with Gasteiger partial charge in [-0.25, -0.2) is 0 Å². The van der Waals surface area contributed by atoms with E-state index in [1.165, 1.54) is 44.1 Å². The zero-order valence-corrected chi connectivity index (χ0v) is 12.6. The summed E-state index contributed by atoms with van der Waals surface area (Å²) in [5.74, 6) is 2.01. The Hall–Kier alpha value is -1.02. The van der Waals surface area contributed by atoms with Gasteiger partial charge in [0.15, 0.2) is 0 Å². The van der Waals surface area contributed by atoms with E-state index in [9.17, 15) is 0 Å². The second kappa shape index (κ2) is 6.62. The molecule has 1 saturated carbocycles. The van der Waals surface area contributed by atoms with Gasteiger partial charge in [0.1, 0.15) is 11.9 Å². The van der Waals surface area contributed by atoms with Crippen LogP contribution in [-0.2, 0) is 6.42 Å². The first-order valence-corrected chi connectivity index (χ1v) is 8.34. The fraction of sp³-hybridized carbons (Fsp3) is 0.667. The van der Waals surface area contributed by atoms with Crippen molar-refractivity contribution in [3.8, 4) is 5.75 Å². The molecule has 1 heterocycles. The molecule has 1 fully saturated rings. The maximum absolute atomic E-state index is 6.07. The fourth-order valence-electron chi connectivity index (χ4n) is 3.91. The first kappa shape index (κ1) is 13.9. The van der Waals surface area contributed by atoms with Crippen LogP contribution in [0.25, 0.3) is 0 Å². The van der Waals surface area contributed by atoms with E-state index >= 15 is 0 Å². The molecule has 3 rings (SSSR count). The Morgan fingerprint density at radius 3 is 2.80 bits per heavy atom. The van der Waals surface area contributed by atoms with E-state index in [2.05, 4.69) is 36.5 Å². The van der Waals surface area contributed by atoms with Crippen molar-refractivity contribution in [3.05, 3.63) is 29.8 Å². The zero-order chi connectivity index (χ0) is 13.8. The fourth-order valence-corrected chi connectivity index (χ4v) is 3.91. The molecule has 2 atom stereocenters. The molecule has 0 saturated heterocycles. The summed E-state index contributed by atoms with van der Waals surface area (Å²) < 4.78 is 6.07. The van der Waals surface area contributed by atoms with Crippen molar-refractivity contribution >= 4 is 0 Å². The summed E-state index contributed by atoms with van der Waals surface area (Å²) in [5.41, 5.74) is 1.39. The van der Waals surface area contributed by atoms with E-state index in [-0.39, 0.29) is 0 Å². The van der Waals surface area contributed by atoms with Crippen LogP contribution < -0.4 is 10.1 Å². The van der Waals surface area contributed by atoms with Gasteiger partial charge in [-0.15, -0.1) is 0 Å². The lowest BCUT2D eigenvalue weighted by molar-refractivity contribution is 0.201. The molecule has 1 aromatic rings. The second-order valence-electron chi connectivity index (χ2n) is 6.34. The number of para-hydroxylation sites is 1. The van der Waals surface area contributed by atoms with Crippen LogP contribution in [-0.4, -0.2) is 18.7 Å². The molecule has 110 valence electrons. The molecule has 2 unspecified atom stereocenters. The monoisotopic (exact) mass is 273 g/mol. The van der Waals surface area contributed by atoms with Gasteiger partial charge in [-0.05, 0) is 49.8 Å². The quantitative estimate of drug-likeness (QED) is 0.847. The molecule has 2 nitrogen and oxygen atoms in total. The smallest absolute Gasteiger partial charge is 0.123 e. The van der Waals surface area contributed by atoms with E-state index in [1.807, 2.05) is 0 Å². The Bertz CT molecular complexity index is 400. The van der Waals surface area contributed by atoms with Crippen molar-refractivity contribution in [2.45, 2.75) is 64.0 Å². The maximum Gasteiger partial charge on any atom is 0.123 e. The van der Waals surface area contributed by atoms with Gasteiger partial charge in [-0.1, -0.05) is 38.0 Å². The third-order valence-electron chi connectivity index (χ3n) is 4.95. The van der Waals surface area contributed by atoms with E-state index in [0.29, 0.717) is 12.1 Å². The van der Waals surface area contributed by atoms with Crippen molar-refractivity contribution in [3.63, 3.8) is 0 Å². The molecular formula is C18H27NO. The minimum Gasteiger partial charge on any atom is -0.490 e. The van der Waals surface area contributed by atoms with Gasteiger partial charge >= 0.3 is 0 Å². The average molecular weight is 273 g/mol. The molecule has 0 bridgehead atoms. The van der Waals surface area contributed by atoms with Gasteiger partial charge in [-0.2, -0.15) is 0 Å². The summed E-state index contributed by atoms with van der Waals surface area (Å²) in [6, 6.07) is 9.20. The molecule has 20 heavy (non-hydrogen) atoms. The highest BCUT2D eigenvalue weighted by Crippen LogP contribution is 2.33. The van der Waals surface area contributed by atoms with Crippen molar-refractivity contribution in [2.24, 2.45) is 5.92 Å². The predicted molar refractivity (Wildman–Crippen MR) is 83.2 cm³/mol. The number of benzene rings is 1. The van der Waals surface area contributed by atoms with Gasteiger partial charge in [0.25, 0.3) is 0 Å². The minimum atomic E-state index is 0.398. The highest BCUT2D eigenvalue weighted by atomic mass is 16.5. The molecule has 2 aliphatic rings. The Morgan fingerprint density at radius 2 is 2.05 bits per heavy atom. The van der Waals surface area contributed by atoms with Gasteiger partial charge in [-0.3, -0.25) is 0 Å². The molecule has 0 spiro atoms. The van der Waals surface area contributed by atoms with Crippen LogP contribution in [0.3, 0.4) is 0 Å². The molecule has 2 heteroatoms. The van der Waals surface area contributed by atoms with Crippen molar-refractivity contribution < 1.29 is 4.74 Å². The molecule has 0 amide bonds. The number of nitrogens with one attached hydrogen (secondary N) is 1. The number of hydrogen-bond acceptors (Lipinski definition) is 2. The first-order valence-electron chi connectivity index (χ1n) is 8.34. The van der Waals surface area contributed by atoms with Crippen LogP contribution in [0.15, 0.2) is 24.3 Å². The lowest BCUT2D eigenvalue weighted by Crippen LogP contribution is -2.36. The lowest BCUT2D eigenvalue weighted by Gasteiger charge is -2.25. The Labute approximate surface area is 122 Å².